The molecule has 19 heavy (non-hydrogen) atoms. The van der Waals surface area contributed by atoms with Crippen LogP contribution in [0.1, 0.15) is 19.3 Å². The highest BCUT2D eigenvalue weighted by Crippen LogP contribution is 2.32. The first-order chi connectivity index (χ1) is 9.08. The molecule has 0 bridgehead atoms. The Morgan fingerprint density at radius 3 is 2.53 bits per heavy atom. The average molecular weight is 303 g/mol. The van der Waals surface area contributed by atoms with Crippen LogP contribution in [0.4, 0.5) is 5.69 Å². The Morgan fingerprint density at radius 1 is 1.21 bits per heavy atom. The number of ether oxygens (including phenoxy) is 1. The van der Waals surface area contributed by atoms with Gasteiger partial charge in [-0.15, -0.1) is 0 Å². The molecule has 1 aromatic carbocycles. The number of carbonyl (C=O) groups excluding carboxylic acids is 1. The standard InChI is InChI=1S/C13H16Cl2N2O2/c14-9-6-11(16)12(7-10(9)15)19-8-13(18)17-4-2-1-3-5-17/h6-7H,1-5,8,16H2. The Morgan fingerprint density at radius 2 is 1.84 bits per heavy atom. The number of hydrogen-bond acceptors (Lipinski definition) is 3. The normalized spacial score (nSPS) is 15.4. The minimum Gasteiger partial charge on any atom is -0.482 e. The van der Waals surface area contributed by atoms with Crippen LogP contribution in [0.25, 0.3) is 0 Å². The third-order valence-electron chi connectivity index (χ3n) is 3.11. The summed E-state index contributed by atoms with van der Waals surface area (Å²) in [4.78, 5) is 13.8. The fourth-order valence-corrected chi connectivity index (χ4v) is 2.37. The van der Waals surface area contributed by atoms with E-state index >= 15 is 0 Å². The van der Waals surface area contributed by atoms with E-state index in [2.05, 4.69) is 0 Å². The first-order valence-electron chi connectivity index (χ1n) is 6.23. The van der Waals surface area contributed by atoms with Gasteiger partial charge in [-0.05, 0) is 25.3 Å². The third kappa shape index (κ3) is 3.67. The van der Waals surface area contributed by atoms with E-state index in [0.717, 1.165) is 25.9 Å². The summed E-state index contributed by atoms with van der Waals surface area (Å²) in [5, 5.41) is 0.727. The van der Waals surface area contributed by atoms with Crippen LogP contribution in [0, 0.1) is 0 Å². The molecule has 1 saturated heterocycles. The molecule has 2 rings (SSSR count). The second kappa shape index (κ2) is 6.35. The summed E-state index contributed by atoms with van der Waals surface area (Å²) in [6.07, 6.45) is 3.30. The predicted octanol–water partition coefficient (Wildman–Crippen LogP) is 2.97. The van der Waals surface area contributed by atoms with E-state index in [4.69, 9.17) is 33.7 Å². The number of hydrogen-bond donors (Lipinski definition) is 1. The first kappa shape index (κ1) is 14.3. The topological polar surface area (TPSA) is 55.6 Å². The van der Waals surface area contributed by atoms with Gasteiger partial charge in [0.15, 0.2) is 6.61 Å². The summed E-state index contributed by atoms with van der Waals surface area (Å²) < 4.78 is 5.43. The van der Waals surface area contributed by atoms with Crippen molar-refractivity contribution in [2.45, 2.75) is 19.3 Å². The van der Waals surface area contributed by atoms with Gasteiger partial charge in [-0.25, -0.2) is 0 Å². The molecule has 0 aliphatic carbocycles. The Hall–Kier alpha value is -1.13. The number of anilines is 1. The second-order valence-corrected chi connectivity index (χ2v) is 5.35. The molecule has 0 unspecified atom stereocenters. The SMILES string of the molecule is Nc1cc(Cl)c(Cl)cc1OCC(=O)N1CCCCC1. The molecule has 0 saturated carbocycles. The van der Waals surface area contributed by atoms with Crippen LogP contribution in [0.5, 0.6) is 5.75 Å². The van der Waals surface area contributed by atoms with Gasteiger partial charge in [0.1, 0.15) is 5.75 Å². The van der Waals surface area contributed by atoms with E-state index in [-0.39, 0.29) is 12.5 Å². The van der Waals surface area contributed by atoms with E-state index in [1.54, 1.807) is 0 Å². The molecule has 0 atom stereocenters. The molecule has 2 N–H and O–H groups in total. The number of likely N-dealkylation sites (tertiary alicyclic amines) is 1. The van der Waals surface area contributed by atoms with Crippen LogP contribution in [0.3, 0.4) is 0 Å². The number of benzene rings is 1. The van der Waals surface area contributed by atoms with Gasteiger partial charge < -0.3 is 15.4 Å². The average Bonchev–Trinajstić information content (AvgIpc) is 2.42. The molecule has 1 aliphatic rings. The van der Waals surface area contributed by atoms with Crippen molar-refractivity contribution in [2.24, 2.45) is 0 Å². The smallest absolute Gasteiger partial charge is 0.260 e. The molecule has 6 heteroatoms. The summed E-state index contributed by atoms with van der Waals surface area (Å²) in [7, 11) is 0. The predicted molar refractivity (Wildman–Crippen MR) is 76.8 cm³/mol. The monoisotopic (exact) mass is 302 g/mol. The summed E-state index contributed by atoms with van der Waals surface area (Å²) >= 11 is 11.7. The van der Waals surface area contributed by atoms with Gasteiger partial charge in [0, 0.05) is 19.2 Å². The van der Waals surface area contributed by atoms with Crippen LogP contribution in [-0.2, 0) is 4.79 Å². The maximum Gasteiger partial charge on any atom is 0.260 e. The maximum atomic E-state index is 11.9. The summed E-state index contributed by atoms with van der Waals surface area (Å²) in [5.74, 6) is 0.366. The molecule has 1 fully saturated rings. The molecular weight excluding hydrogens is 287 g/mol. The molecule has 1 heterocycles. The Labute approximate surface area is 122 Å². The van der Waals surface area contributed by atoms with Crippen LogP contribution in [-0.4, -0.2) is 30.5 Å². The van der Waals surface area contributed by atoms with Crippen molar-refractivity contribution in [1.82, 2.24) is 4.90 Å². The van der Waals surface area contributed by atoms with Gasteiger partial charge in [0.25, 0.3) is 5.91 Å². The Bertz CT molecular complexity index is 474. The summed E-state index contributed by atoms with van der Waals surface area (Å²) in [6.45, 7) is 1.58. The van der Waals surface area contributed by atoms with Gasteiger partial charge >= 0.3 is 0 Å². The van der Waals surface area contributed by atoms with Gasteiger partial charge in [0.2, 0.25) is 0 Å². The molecular formula is C13H16Cl2N2O2. The maximum absolute atomic E-state index is 11.9. The third-order valence-corrected chi connectivity index (χ3v) is 3.83. The number of nitrogens with zero attached hydrogens (tertiary/aromatic N) is 1. The number of nitrogen functional groups attached to an aromatic ring is 1. The Balaban J connectivity index is 1.94. The van der Waals surface area contributed by atoms with Crippen molar-refractivity contribution < 1.29 is 9.53 Å². The molecule has 4 nitrogen and oxygen atoms in total. The zero-order valence-electron chi connectivity index (χ0n) is 10.5. The minimum atomic E-state index is -0.0256. The van der Waals surface area contributed by atoms with E-state index < -0.39 is 0 Å². The second-order valence-electron chi connectivity index (χ2n) is 4.53. The molecule has 1 aliphatic heterocycles. The van der Waals surface area contributed by atoms with Crippen LogP contribution < -0.4 is 10.5 Å². The molecule has 0 aromatic heterocycles. The van der Waals surface area contributed by atoms with Gasteiger partial charge in [-0.1, -0.05) is 23.2 Å². The number of amides is 1. The summed E-state index contributed by atoms with van der Waals surface area (Å²) in [5.41, 5.74) is 6.14. The first-order valence-corrected chi connectivity index (χ1v) is 6.98. The number of nitrogens with two attached hydrogens (primary N) is 1. The van der Waals surface area contributed by atoms with Crippen molar-refractivity contribution >= 4 is 34.8 Å². The van der Waals surface area contributed by atoms with Crippen molar-refractivity contribution in [2.75, 3.05) is 25.4 Å². The number of piperidine rings is 1. The van der Waals surface area contributed by atoms with Crippen molar-refractivity contribution in [3.8, 4) is 5.75 Å². The zero-order valence-corrected chi connectivity index (χ0v) is 12.0. The van der Waals surface area contributed by atoms with E-state index in [9.17, 15) is 4.79 Å². The lowest BCUT2D eigenvalue weighted by atomic mass is 10.1. The molecule has 0 spiro atoms. The molecule has 0 radical (unpaired) electrons. The quantitative estimate of drug-likeness (QED) is 0.873. The van der Waals surface area contributed by atoms with E-state index in [0.29, 0.717) is 21.5 Å². The van der Waals surface area contributed by atoms with Gasteiger partial charge in [-0.2, -0.15) is 0 Å². The summed E-state index contributed by atoms with van der Waals surface area (Å²) in [6, 6.07) is 3.05. The lowest BCUT2D eigenvalue weighted by Crippen LogP contribution is -2.38. The molecule has 1 aromatic rings. The highest BCUT2D eigenvalue weighted by Gasteiger charge is 2.17. The van der Waals surface area contributed by atoms with Crippen LogP contribution in [0.2, 0.25) is 10.0 Å². The van der Waals surface area contributed by atoms with E-state index in [1.807, 2.05) is 4.90 Å². The molecule has 104 valence electrons. The highest BCUT2D eigenvalue weighted by molar-refractivity contribution is 6.42. The molecule has 1 amide bonds. The van der Waals surface area contributed by atoms with Gasteiger partial charge in [-0.3, -0.25) is 4.79 Å². The number of carbonyl (C=O) groups is 1. The lowest BCUT2D eigenvalue weighted by molar-refractivity contribution is -0.134. The van der Waals surface area contributed by atoms with Crippen molar-refractivity contribution in [3.63, 3.8) is 0 Å². The van der Waals surface area contributed by atoms with Crippen molar-refractivity contribution in [1.29, 1.82) is 0 Å². The van der Waals surface area contributed by atoms with Crippen molar-refractivity contribution in [3.05, 3.63) is 22.2 Å². The Kier molecular flexibility index (Phi) is 4.77. The van der Waals surface area contributed by atoms with Crippen LogP contribution >= 0.6 is 23.2 Å². The number of halogens is 2. The fraction of sp³-hybridized carbons (Fsp3) is 0.462. The lowest BCUT2D eigenvalue weighted by Gasteiger charge is -2.26. The van der Waals surface area contributed by atoms with E-state index in [1.165, 1.54) is 18.6 Å². The fourth-order valence-electron chi connectivity index (χ4n) is 2.04. The zero-order chi connectivity index (χ0) is 13.8. The minimum absolute atomic E-state index is 0.0230. The number of rotatable bonds is 3. The largest absolute Gasteiger partial charge is 0.482 e. The van der Waals surface area contributed by atoms with Crippen LogP contribution in [0.15, 0.2) is 12.1 Å². The van der Waals surface area contributed by atoms with Gasteiger partial charge in [0.05, 0.1) is 15.7 Å². The highest BCUT2D eigenvalue weighted by atomic mass is 35.5.